The lowest BCUT2D eigenvalue weighted by Gasteiger charge is -2.38. The highest BCUT2D eigenvalue weighted by molar-refractivity contribution is 5.33. The lowest BCUT2D eigenvalue weighted by molar-refractivity contribution is 0.185. The third-order valence-corrected chi connectivity index (χ3v) is 6.12. The number of aromatic nitrogens is 3. The minimum Gasteiger partial charge on any atom is -0.338 e. The maximum Gasteiger partial charge on any atom is 0.251 e. The molecule has 2 aliphatic rings. The van der Waals surface area contributed by atoms with E-state index in [1.165, 1.54) is 6.42 Å². The van der Waals surface area contributed by atoms with Gasteiger partial charge in [0.1, 0.15) is 6.07 Å². The van der Waals surface area contributed by atoms with Crippen LogP contribution in [-0.4, -0.2) is 52.1 Å². The van der Waals surface area contributed by atoms with Crippen LogP contribution in [0.5, 0.6) is 0 Å². The van der Waals surface area contributed by atoms with Gasteiger partial charge in [-0.1, -0.05) is 13.0 Å². The molecule has 1 aliphatic carbocycles. The Morgan fingerprint density at radius 1 is 1.18 bits per heavy atom. The van der Waals surface area contributed by atoms with Crippen LogP contribution in [0.2, 0.25) is 0 Å². The summed E-state index contributed by atoms with van der Waals surface area (Å²) in [6.45, 7) is 5.79. The molecule has 2 aromatic rings. The number of rotatable bonds is 4. The van der Waals surface area contributed by atoms with Gasteiger partial charge in [-0.3, -0.25) is 9.69 Å². The summed E-state index contributed by atoms with van der Waals surface area (Å²) in [5, 5.41) is 8.87. The van der Waals surface area contributed by atoms with Crippen molar-refractivity contribution in [2.24, 2.45) is 0 Å². The van der Waals surface area contributed by atoms with E-state index in [0.29, 0.717) is 23.5 Å². The lowest BCUT2D eigenvalue weighted by atomic mass is 10.0. The average molecular weight is 378 g/mol. The van der Waals surface area contributed by atoms with Crippen molar-refractivity contribution >= 4 is 5.95 Å². The zero-order valence-electron chi connectivity index (χ0n) is 16.3. The molecule has 0 radical (unpaired) electrons. The van der Waals surface area contributed by atoms with Crippen molar-refractivity contribution in [3.05, 3.63) is 51.7 Å². The Hall–Kier alpha value is -2.72. The van der Waals surface area contributed by atoms with E-state index in [-0.39, 0.29) is 5.56 Å². The van der Waals surface area contributed by atoms with Crippen LogP contribution in [0.25, 0.3) is 0 Å². The number of anilines is 1. The van der Waals surface area contributed by atoms with Crippen LogP contribution in [-0.2, 0) is 6.42 Å². The van der Waals surface area contributed by atoms with E-state index in [9.17, 15) is 4.79 Å². The van der Waals surface area contributed by atoms with E-state index in [4.69, 9.17) is 5.26 Å². The van der Waals surface area contributed by atoms with Gasteiger partial charge in [-0.05, 0) is 31.7 Å². The topological polar surface area (TPSA) is 88.9 Å². The predicted octanol–water partition coefficient (Wildman–Crippen LogP) is 2.06. The molecule has 146 valence electrons. The molecule has 7 heteroatoms. The van der Waals surface area contributed by atoms with Gasteiger partial charge in [-0.15, -0.1) is 0 Å². The number of pyridine rings is 1. The van der Waals surface area contributed by atoms with Crippen LogP contribution in [0, 0.1) is 11.3 Å². The molecular weight excluding hydrogens is 352 g/mol. The molecule has 28 heavy (non-hydrogen) atoms. The Morgan fingerprint density at radius 3 is 2.57 bits per heavy atom. The highest BCUT2D eigenvalue weighted by Gasteiger charge is 2.32. The number of hydrogen-bond acceptors (Lipinski definition) is 6. The second kappa shape index (κ2) is 8.11. The fraction of sp³-hybridized carbons (Fsp3) is 0.524. The molecule has 2 aromatic heterocycles. The first-order valence-corrected chi connectivity index (χ1v) is 10.1. The highest BCUT2D eigenvalue weighted by Crippen LogP contribution is 2.36. The number of nitrogens with one attached hydrogen (secondary N) is 1. The third-order valence-electron chi connectivity index (χ3n) is 6.12. The van der Waals surface area contributed by atoms with Crippen LogP contribution >= 0.6 is 0 Å². The van der Waals surface area contributed by atoms with Crippen LogP contribution < -0.4 is 10.5 Å². The van der Waals surface area contributed by atoms with E-state index in [1.807, 2.05) is 13.0 Å². The van der Waals surface area contributed by atoms with Crippen molar-refractivity contribution in [2.75, 3.05) is 31.1 Å². The van der Waals surface area contributed by atoms with Gasteiger partial charge in [-0.25, -0.2) is 9.97 Å². The summed E-state index contributed by atoms with van der Waals surface area (Å²) in [5.74, 6) is 1.15. The molecule has 0 unspecified atom stereocenters. The summed E-state index contributed by atoms with van der Waals surface area (Å²) < 4.78 is 0. The van der Waals surface area contributed by atoms with Gasteiger partial charge in [0.15, 0.2) is 0 Å². The van der Waals surface area contributed by atoms with Crippen molar-refractivity contribution in [1.29, 1.82) is 5.26 Å². The Labute approximate surface area is 165 Å². The second-order valence-corrected chi connectivity index (χ2v) is 7.69. The maximum absolute atomic E-state index is 12.1. The first-order chi connectivity index (χ1) is 13.7. The van der Waals surface area contributed by atoms with Gasteiger partial charge >= 0.3 is 0 Å². The first-order valence-electron chi connectivity index (χ1n) is 10.1. The largest absolute Gasteiger partial charge is 0.338 e. The van der Waals surface area contributed by atoms with Crippen LogP contribution in [0.4, 0.5) is 5.95 Å². The Bertz CT molecular complexity index is 908. The normalized spacial score (nSPS) is 22.9. The number of nitriles is 1. The Morgan fingerprint density at radius 2 is 1.93 bits per heavy atom. The van der Waals surface area contributed by atoms with Crippen molar-refractivity contribution in [3.63, 3.8) is 0 Å². The molecule has 3 heterocycles. The lowest BCUT2D eigenvalue weighted by Crippen LogP contribution is -2.50. The Balaban J connectivity index is 1.33. The number of aryl methyl sites for hydroxylation is 1. The fourth-order valence-corrected chi connectivity index (χ4v) is 4.44. The molecular formula is C21H26N6O. The molecule has 0 bridgehead atoms. The predicted molar refractivity (Wildman–Crippen MR) is 107 cm³/mol. The molecule has 2 fully saturated rings. The number of aromatic amines is 1. The van der Waals surface area contributed by atoms with E-state index >= 15 is 0 Å². The molecule has 1 saturated carbocycles. The average Bonchev–Trinajstić information content (AvgIpc) is 3.24. The van der Waals surface area contributed by atoms with Gasteiger partial charge in [-0.2, -0.15) is 5.26 Å². The molecule has 7 nitrogen and oxygen atoms in total. The second-order valence-electron chi connectivity index (χ2n) is 7.69. The minimum atomic E-state index is 0.0690. The van der Waals surface area contributed by atoms with Crippen molar-refractivity contribution in [2.45, 2.75) is 44.6 Å². The van der Waals surface area contributed by atoms with E-state index in [2.05, 4.69) is 36.9 Å². The summed E-state index contributed by atoms with van der Waals surface area (Å²) in [5.41, 5.74) is 2.51. The van der Waals surface area contributed by atoms with Crippen molar-refractivity contribution in [1.82, 2.24) is 19.9 Å². The zero-order chi connectivity index (χ0) is 19.5. The molecule has 0 aromatic carbocycles. The van der Waals surface area contributed by atoms with Gasteiger partial charge in [0, 0.05) is 49.4 Å². The highest BCUT2D eigenvalue weighted by atomic mass is 16.1. The van der Waals surface area contributed by atoms with Gasteiger partial charge in [0.2, 0.25) is 5.95 Å². The molecule has 0 spiro atoms. The summed E-state index contributed by atoms with van der Waals surface area (Å²) in [6.07, 6.45) is 7.35. The Kier molecular flexibility index (Phi) is 5.40. The SMILES string of the molecule is CCc1ccc([C@@H]2CC[C@H](N3CCN(c4ncc(C#N)cn4)CC3)C2)[nH]c1=O. The van der Waals surface area contributed by atoms with Crippen LogP contribution in [0.15, 0.2) is 29.3 Å². The third kappa shape index (κ3) is 3.78. The maximum atomic E-state index is 12.1. The number of piperazine rings is 1. The molecule has 1 aliphatic heterocycles. The van der Waals surface area contributed by atoms with Gasteiger partial charge in [0.05, 0.1) is 18.0 Å². The molecule has 1 N–H and O–H groups in total. The van der Waals surface area contributed by atoms with Gasteiger partial charge in [0.25, 0.3) is 5.56 Å². The zero-order valence-corrected chi connectivity index (χ0v) is 16.3. The molecule has 2 atom stereocenters. The molecule has 0 amide bonds. The summed E-state index contributed by atoms with van der Waals surface area (Å²) >= 11 is 0. The smallest absolute Gasteiger partial charge is 0.251 e. The number of hydrogen-bond donors (Lipinski definition) is 1. The first kappa shape index (κ1) is 18.6. The van der Waals surface area contributed by atoms with Crippen molar-refractivity contribution in [3.8, 4) is 6.07 Å². The van der Waals surface area contributed by atoms with Gasteiger partial charge < -0.3 is 9.88 Å². The van der Waals surface area contributed by atoms with Crippen molar-refractivity contribution < 1.29 is 0 Å². The van der Waals surface area contributed by atoms with Crippen LogP contribution in [0.1, 0.15) is 48.9 Å². The number of H-pyrrole nitrogens is 1. The van der Waals surface area contributed by atoms with Crippen LogP contribution in [0.3, 0.4) is 0 Å². The summed E-state index contributed by atoms with van der Waals surface area (Å²) in [4.78, 5) is 28.6. The van der Waals surface area contributed by atoms with E-state index in [0.717, 1.165) is 56.7 Å². The molecule has 4 rings (SSSR count). The summed E-state index contributed by atoms with van der Waals surface area (Å²) in [7, 11) is 0. The molecule has 1 saturated heterocycles. The monoisotopic (exact) mass is 378 g/mol. The van der Waals surface area contributed by atoms with E-state index in [1.54, 1.807) is 12.4 Å². The standard InChI is InChI=1S/C21H26N6O/c1-2-16-4-6-19(25-20(16)28)17-3-5-18(11-17)26-7-9-27(10-8-26)21-23-13-15(12-22)14-24-21/h4,6,13-14,17-18H,2-3,5,7-11H2,1H3,(H,25,28)/t17-,18+/m1/s1. The minimum absolute atomic E-state index is 0.0690. The number of nitrogens with zero attached hydrogens (tertiary/aromatic N) is 5. The fourth-order valence-electron chi connectivity index (χ4n) is 4.44. The van der Waals surface area contributed by atoms with E-state index < -0.39 is 0 Å². The quantitative estimate of drug-likeness (QED) is 0.876. The summed E-state index contributed by atoms with van der Waals surface area (Å²) in [6, 6.07) is 6.72.